The Morgan fingerprint density at radius 2 is 2.09 bits per heavy atom. The number of nitrogens with one attached hydrogen (secondary N) is 1. The van der Waals surface area contributed by atoms with Crippen LogP contribution in [0.25, 0.3) is 0 Å². The molecule has 0 bridgehead atoms. The fraction of sp³-hybridized carbons (Fsp3) is 0.267. The number of thiophene rings is 1. The van der Waals surface area contributed by atoms with Gasteiger partial charge in [0.2, 0.25) is 0 Å². The number of halogens is 1. The summed E-state index contributed by atoms with van der Waals surface area (Å²) in [6.07, 6.45) is 0.886. The summed E-state index contributed by atoms with van der Waals surface area (Å²) in [5.74, 6) is 1.87. The van der Waals surface area contributed by atoms with Crippen molar-refractivity contribution in [2.45, 2.75) is 13.0 Å². The molecule has 0 radical (unpaired) electrons. The maximum absolute atomic E-state index is 5.93. The summed E-state index contributed by atoms with van der Waals surface area (Å²) in [5, 5.41) is 5.10. The second-order valence-corrected chi connectivity index (χ2v) is 6.68. The molecule has 116 valence electrons. The first-order valence-electron chi connectivity index (χ1n) is 6.90. The smallest absolute Gasteiger partial charge is 0.193 e. The minimum atomic E-state index is 0.374. The third kappa shape index (κ3) is 3.92. The molecule has 0 atom stereocenters. The topological polar surface area (TPSA) is 68.9 Å². The van der Waals surface area contributed by atoms with Gasteiger partial charge in [-0.3, -0.25) is 0 Å². The van der Waals surface area contributed by atoms with Crippen molar-refractivity contribution in [3.63, 3.8) is 0 Å². The number of guanidine groups is 1. The van der Waals surface area contributed by atoms with Gasteiger partial charge in [-0.2, -0.15) is 0 Å². The van der Waals surface area contributed by atoms with Gasteiger partial charge in [-0.05, 0) is 34.1 Å². The number of benzene rings is 1. The van der Waals surface area contributed by atoms with E-state index in [2.05, 4.69) is 26.2 Å². The highest BCUT2D eigenvalue weighted by atomic mass is 79.9. The Labute approximate surface area is 141 Å². The lowest BCUT2D eigenvalue weighted by molar-refractivity contribution is 0.297. The largest absolute Gasteiger partial charge is 0.490 e. The molecule has 0 unspecified atom stereocenters. The Hall–Kier alpha value is -1.73. The van der Waals surface area contributed by atoms with E-state index < -0.39 is 0 Å². The van der Waals surface area contributed by atoms with E-state index in [1.807, 2.05) is 29.6 Å². The molecule has 0 saturated carbocycles. The van der Waals surface area contributed by atoms with Crippen LogP contribution in [0.2, 0.25) is 0 Å². The van der Waals surface area contributed by atoms with E-state index in [-0.39, 0.29) is 0 Å². The molecule has 22 heavy (non-hydrogen) atoms. The van der Waals surface area contributed by atoms with Crippen molar-refractivity contribution in [2.75, 3.05) is 18.5 Å². The highest BCUT2D eigenvalue weighted by molar-refractivity contribution is 9.10. The first kappa shape index (κ1) is 15.2. The number of hydrogen-bond acceptors (Lipinski definition) is 4. The van der Waals surface area contributed by atoms with Gasteiger partial charge in [0.1, 0.15) is 0 Å². The first-order chi connectivity index (χ1) is 10.7. The maximum Gasteiger partial charge on any atom is 0.193 e. The Bertz CT molecular complexity index is 687. The van der Waals surface area contributed by atoms with Gasteiger partial charge in [-0.1, -0.05) is 0 Å². The summed E-state index contributed by atoms with van der Waals surface area (Å²) < 4.78 is 12.3. The zero-order valence-corrected chi connectivity index (χ0v) is 14.2. The van der Waals surface area contributed by atoms with Gasteiger partial charge in [0.15, 0.2) is 17.5 Å². The monoisotopic (exact) mass is 381 g/mol. The van der Waals surface area contributed by atoms with Gasteiger partial charge in [0.05, 0.1) is 19.8 Å². The number of nitrogens with two attached hydrogens (primary N) is 1. The van der Waals surface area contributed by atoms with Crippen molar-refractivity contribution in [3.8, 4) is 11.5 Å². The molecule has 0 fully saturated rings. The molecule has 0 spiro atoms. The molecule has 2 heterocycles. The number of rotatable bonds is 3. The van der Waals surface area contributed by atoms with Crippen molar-refractivity contribution in [2.24, 2.45) is 10.7 Å². The summed E-state index contributed by atoms with van der Waals surface area (Å²) in [4.78, 5) is 5.48. The molecular formula is C15H16BrN3O2S. The van der Waals surface area contributed by atoms with E-state index in [0.717, 1.165) is 33.0 Å². The lowest BCUT2D eigenvalue weighted by atomic mass is 10.3. The molecule has 3 rings (SSSR count). The van der Waals surface area contributed by atoms with E-state index in [1.54, 1.807) is 11.3 Å². The van der Waals surface area contributed by atoms with Crippen molar-refractivity contribution >= 4 is 38.9 Å². The maximum atomic E-state index is 5.93. The highest BCUT2D eigenvalue weighted by Gasteiger charge is 2.10. The predicted molar refractivity (Wildman–Crippen MR) is 93.0 cm³/mol. The summed E-state index contributed by atoms with van der Waals surface area (Å²) in [7, 11) is 0. The van der Waals surface area contributed by atoms with Gasteiger partial charge in [-0.25, -0.2) is 4.99 Å². The number of hydrogen-bond donors (Lipinski definition) is 2. The van der Waals surface area contributed by atoms with Crippen LogP contribution in [0.4, 0.5) is 5.69 Å². The van der Waals surface area contributed by atoms with E-state index in [4.69, 9.17) is 15.2 Å². The Balaban J connectivity index is 1.65. The molecule has 7 heteroatoms. The van der Waals surface area contributed by atoms with Crippen molar-refractivity contribution in [1.82, 2.24) is 0 Å². The van der Waals surface area contributed by atoms with E-state index >= 15 is 0 Å². The molecule has 1 aromatic heterocycles. The lowest BCUT2D eigenvalue weighted by Gasteiger charge is -2.10. The Morgan fingerprint density at radius 3 is 2.86 bits per heavy atom. The van der Waals surface area contributed by atoms with Crippen LogP contribution in [-0.2, 0) is 6.54 Å². The minimum absolute atomic E-state index is 0.374. The Morgan fingerprint density at radius 1 is 1.27 bits per heavy atom. The van der Waals surface area contributed by atoms with Crippen LogP contribution in [-0.4, -0.2) is 19.2 Å². The number of anilines is 1. The second kappa shape index (κ2) is 7.02. The highest BCUT2D eigenvalue weighted by Crippen LogP contribution is 2.32. The van der Waals surface area contributed by atoms with E-state index in [0.29, 0.717) is 25.7 Å². The molecule has 3 N–H and O–H groups in total. The van der Waals surface area contributed by atoms with Gasteiger partial charge < -0.3 is 20.5 Å². The molecule has 5 nitrogen and oxygen atoms in total. The van der Waals surface area contributed by atoms with E-state index in [9.17, 15) is 0 Å². The molecule has 1 aliphatic rings. The summed E-state index contributed by atoms with van der Waals surface area (Å²) >= 11 is 5.07. The molecular weight excluding hydrogens is 366 g/mol. The fourth-order valence-corrected chi connectivity index (χ4v) is 3.40. The van der Waals surface area contributed by atoms with Crippen LogP contribution in [0.1, 0.15) is 11.3 Å². The minimum Gasteiger partial charge on any atom is -0.490 e. The van der Waals surface area contributed by atoms with Crippen molar-refractivity contribution in [3.05, 3.63) is 39.0 Å². The normalized spacial score (nSPS) is 14.5. The quantitative estimate of drug-likeness (QED) is 0.629. The summed E-state index contributed by atoms with van der Waals surface area (Å²) in [5.41, 5.74) is 6.76. The number of nitrogens with zero attached hydrogens (tertiary/aromatic N) is 1. The average molecular weight is 382 g/mol. The third-order valence-electron chi connectivity index (χ3n) is 3.05. The average Bonchev–Trinajstić information content (AvgIpc) is 2.78. The second-order valence-electron chi connectivity index (χ2n) is 4.77. The predicted octanol–water partition coefficient (Wildman–Crippen LogP) is 3.60. The molecule has 0 amide bonds. The number of fused-ring (bicyclic) bond motifs is 1. The molecule has 1 aromatic carbocycles. The van der Waals surface area contributed by atoms with Crippen LogP contribution < -0.4 is 20.5 Å². The first-order valence-corrected chi connectivity index (χ1v) is 8.57. The van der Waals surface area contributed by atoms with E-state index in [1.165, 1.54) is 0 Å². The molecule has 2 aromatic rings. The molecule has 1 aliphatic heterocycles. The van der Waals surface area contributed by atoms with Gasteiger partial charge in [0, 0.05) is 32.9 Å². The van der Waals surface area contributed by atoms with Crippen LogP contribution in [0.5, 0.6) is 11.5 Å². The van der Waals surface area contributed by atoms with Crippen LogP contribution in [0, 0.1) is 0 Å². The summed E-state index contributed by atoms with van der Waals surface area (Å²) in [6.45, 7) is 1.90. The fourth-order valence-electron chi connectivity index (χ4n) is 2.03. The van der Waals surface area contributed by atoms with Crippen molar-refractivity contribution in [1.29, 1.82) is 0 Å². The lowest BCUT2D eigenvalue weighted by Crippen LogP contribution is -2.22. The number of aliphatic imine (C=N–C) groups is 1. The SMILES string of the molecule is NC(=NCc1cc(Br)cs1)Nc1ccc2c(c1)OCCCO2. The van der Waals surface area contributed by atoms with Crippen molar-refractivity contribution < 1.29 is 9.47 Å². The summed E-state index contributed by atoms with van der Waals surface area (Å²) in [6, 6.07) is 7.70. The molecule has 0 aliphatic carbocycles. The standard InChI is InChI=1S/C15H16BrN3O2S/c16-10-6-12(22-9-10)8-18-15(17)19-11-2-3-13-14(7-11)21-5-1-4-20-13/h2-3,6-7,9H,1,4-5,8H2,(H3,17,18,19). The van der Waals surface area contributed by atoms with Crippen LogP contribution in [0.15, 0.2) is 39.1 Å². The number of ether oxygens (including phenoxy) is 2. The zero-order chi connectivity index (χ0) is 15.4. The molecule has 0 saturated heterocycles. The Kier molecular flexibility index (Phi) is 4.84. The third-order valence-corrected chi connectivity index (χ3v) is 4.73. The van der Waals surface area contributed by atoms with Gasteiger partial charge >= 0.3 is 0 Å². The van der Waals surface area contributed by atoms with Crippen LogP contribution in [0.3, 0.4) is 0 Å². The van der Waals surface area contributed by atoms with Gasteiger partial charge in [-0.15, -0.1) is 11.3 Å². The van der Waals surface area contributed by atoms with Crippen LogP contribution >= 0.6 is 27.3 Å². The zero-order valence-electron chi connectivity index (χ0n) is 11.8. The van der Waals surface area contributed by atoms with Gasteiger partial charge in [0.25, 0.3) is 0 Å².